The number of nitrogens with zero attached hydrogens (tertiary/aromatic N) is 4. The zero-order valence-corrected chi connectivity index (χ0v) is 20.8. The van der Waals surface area contributed by atoms with E-state index in [0.29, 0.717) is 11.6 Å². The Labute approximate surface area is 201 Å². The third kappa shape index (κ3) is 4.88. The van der Waals surface area contributed by atoms with Gasteiger partial charge in [-0.3, -0.25) is 9.89 Å². The number of aromatic amines is 1. The monoisotopic (exact) mass is 468 g/mol. The second-order valence-corrected chi connectivity index (χ2v) is 9.34. The highest BCUT2D eigenvalue weighted by atomic mass is 35.5. The summed E-state index contributed by atoms with van der Waals surface area (Å²) in [6.07, 6.45) is 5.72. The lowest BCUT2D eigenvalue weighted by molar-refractivity contribution is 0.0947. The van der Waals surface area contributed by atoms with Gasteiger partial charge < -0.3 is 0 Å². The number of aryl methyl sites for hydroxylation is 2. The van der Waals surface area contributed by atoms with Crippen LogP contribution in [0.15, 0.2) is 35.4 Å². The molecular formula is C25H33ClN6O. The highest BCUT2D eigenvalue weighted by Crippen LogP contribution is 2.40. The third-order valence-electron chi connectivity index (χ3n) is 7.09. The SMILES string of the molecule is CCC(C)(C)C1CCc2[nH]nc(C(=O)N/N=C/c3c(C)nn(-c4ccccc4)c3C)c2C1.Cl. The maximum Gasteiger partial charge on any atom is 0.292 e. The van der Waals surface area contributed by atoms with Gasteiger partial charge in [0.1, 0.15) is 0 Å². The van der Waals surface area contributed by atoms with Crippen LogP contribution >= 0.6 is 12.4 Å². The van der Waals surface area contributed by atoms with Crippen molar-refractivity contribution in [1.82, 2.24) is 25.4 Å². The average Bonchev–Trinajstić information content (AvgIpc) is 3.35. The number of benzene rings is 1. The molecular weight excluding hydrogens is 436 g/mol. The molecule has 0 aliphatic heterocycles. The minimum absolute atomic E-state index is 0. The fourth-order valence-electron chi connectivity index (χ4n) is 4.51. The summed E-state index contributed by atoms with van der Waals surface area (Å²) in [5.41, 5.74) is 9.19. The van der Waals surface area contributed by atoms with E-state index in [4.69, 9.17) is 0 Å². The molecule has 4 rings (SSSR count). The highest BCUT2D eigenvalue weighted by Gasteiger charge is 2.34. The summed E-state index contributed by atoms with van der Waals surface area (Å²) in [6, 6.07) is 9.96. The van der Waals surface area contributed by atoms with E-state index in [1.165, 1.54) is 0 Å². The Balaban J connectivity index is 0.00000306. The molecule has 7 nitrogen and oxygen atoms in total. The first kappa shape index (κ1) is 24.7. The third-order valence-corrected chi connectivity index (χ3v) is 7.09. The lowest BCUT2D eigenvalue weighted by Crippen LogP contribution is -2.30. The van der Waals surface area contributed by atoms with Gasteiger partial charge in [-0.05, 0) is 56.6 Å². The molecule has 0 bridgehead atoms. The Kier molecular flexibility index (Phi) is 7.42. The Bertz CT molecular complexity index is 1150. The molecule has 1 unspecified atom stereocenters. The summed E-state index contributed by atoms with van der Waals surface area (Å²) in [4.78, 5) is 12.9. The smallest absolute Gasteiger partial charge is 0.281 e. The molecule has 176 valence electrons. The number of H-pyrrole nitrogens is 1. The van der Waals surface area contributed by atoms with E-state index in [-0.39, 0.29) is 23.7 Å². The Morgan fingerprint density at radius 2 is 2.03 bits per heavy atom. The topological polar surface area (TPSA) is 88.0 Å². The number of rotatable bonds is 6. The van der Waals surface area contributed by atoms with Gasteiger partial charge in [0.15, 0.2) is 5.69 Å². The second-order valence-electron chi connectivity index (χ2n) is 9.34. The number of nitrogens with one attached hydrogen (secondary N) is 2. The zero-order chi connectivity index (χ0) is 22.9. The number of fused-ring (bicyclic) bond motifs is 1. The molecule has 2 N–H and O–H groups in total. The molecule has 1 amide bonds. The van der Waals surface area contributed by atoms with Crippen LogP contribution in [0.2, 0.25) is 0 Å². The summed E-state index contributed by atoms with van der Waals surface area (Å²) in [5.74, 6) is 0.265. The van der Waals surface area contributed by atoms with Gasteiger partial charge in [0.05, 0.1) is 23.3 Å². The number of para-hydroxylation sites is 1. The van der Waals surface area contributed by atoms with E-state index < -0.39 is 0 Å². The van der Waals surface area contributed by atoms with Crippen molar-refractivity contribution in [2.24, 2.45) is 16.4 Å². The fraction of sp³-hybridized carbons (Fsp3) is 0.440. The standard InChI is InChI=1S/C25H32N6O.ClH/c1-6-25(4,5)18-12-13-22-20(14-18)23(28-27-22)24(32)29-26-15-21-16(2)30-31(17(21)3)19-10-8-7-9-11-19;/h7-11,15,18H,6,12-14H2,1-5H3,(H,27,28)(H,29,32);1H/b26-15+;. The number of hydrogen-bond donors (Lipinski definition) is 2. The molecule has 2 aromatic heterocycles. The number of hydrogen-bond acceptors (Lipinski definition) is 4. The van der Waals surface area contributed by atoms with Crippen LogP contribution in [-0.2, 0) is 12.8 Å². The normalized spacial score (nSPS) is 15.8. The molecule has 0 saturated carbocycles. The first-order valence-electron chi connectivity index (χ1n) is 11.3. The second kappa shape index (κ2) is 9.91. The van der Waals surface area contributed by atoms with Gasteiger partial charge in [-0.1, -0.05) is 45.4 Å². The molecule has 0 radical (unpaired) electrons. The van der Waals surface area contributed by atoms with Crippen molar-refractivity contribution < 1.29 is 4.79 Å². The zero-order valence-electron chi connectivity index (χ0n) is 20.0. The number of halogens is 1. The van der Waals surface area contributed by atoms with Gasteiger partial charge in [0.25, 0.3) is 5.91 Å². The van der Waals surface area contributed by atoms with Gasteiger partial charge in [-0.25, -0.2) is 10.1 Å². The summed E-state index contributed by atoms with van der Waals surface area (Å²) in [7, 11) is 0. The first-order valence-corrected chi connectivity index (χ1v) is 11.3. The number of amides is 1. The Morgan fingerprint density at radius 1 is 1.30 bits per heavy atom. The van der Waals surface area contributed by atoms with Gasteiger partial charge in [0, 0.05) is 16.8 Å². The van der Waals surface area contributed by atoms with E-state index in [1.54, 1.807) is 6.21 Å². The maximum absolute atomic E-state index is 12.9. The molecule has 2 heterocycles. The predicted octanol–water partition coefficient (Wildman–Crippen LogP) is 4.94. The molecule has 1 aliphatic carbocycles. The van der Waals surface area contributed by atoms with Crippen LogP contribution in [0.3, 0.4) is 0 Å². The van der Waals surface area contributed by atoms with Crippen molar-refractivity contribution >= 4 is 24.5 Å². The van der Waals surface area contributed by atoms with Crippen molar-refractivity contribution in [2.45, 2.75) is 60.3 Å². The quantitative estimate of drug-likeness (QED) is 0.396. The van der Waals surface area contributed by atoms with Crippen molar-refractivity contribution in [1.29, 1.82) is 0 Å². The molecule has 1 aliphatic rings. The largest absolute Gasteiger partial charge is 0.292 e. The Hall–Kier alpha value is -2.93. The minimum Gasteiger partial charge on any atom is -0.281 e. The lowest BCUT2D eigenvalue weighted by atomic mass is 9.69. The van der Waals surface area contributed by atoms with Gasteiger partial charge in [-0.2, -0.15) is 15.3 Å². The van der Waals surface area contributed by atoms with Gasteiger partial charge in [-0.15, -0.1) is 12.4 Å². The van der Waals surface area contributed by atoms with E-state index in [2.05, 4.69) is 46.6 Å². The maximum atomic E-state index is 12.9. The highest BCUT2D eigenvalue weighted by molar-refractivity contribution is 5.95. The predicted molar refractivity (Wildman–Crippen MR) is 134 cm³/mol. The molecule has 3 aromatic rings. The van der Waals surface area contributed by atoms with Crippen LogP contribution in [-0.4, -0.2) is 32.1 Å². The van der Waals surface area contributed by atoms with Crippen LogP contribution in [0, 0.1) is 25.2 Å². The van der Waals surface area contributed by atoms with E-state index in [9.17, 15) is 4.79 Å². The molecule has 0 spiro atoms. The molecule has 33 heavy (non-hydrogen) atoms. The van der Waals surface area contributed by atoms with Crippen LogP contribution in [0.5, 0.6) is 0 Å². The minimum atomic E-state index is -0.278. The van der Waals surface area contributed by atoms with Gasteiger partial charge in [0.2, 0.25) is 0 Å². The van der Waals surface area contributed by atoms with Crippen LogP contribution in [0.4, 0.5) is 0 Å². The average molecular weight is 469 g/mol. The summed E-state index contributed by atoms with van der Waals surface area (Å²) in [6.45, 7) is 10.8. The Morgan fingerprint density at radius 3 is 2.73 bits per heavy atom. The molecule has 0 fully saturated rings. The van der Waals surface area contributed by atoms with Crippen LogP contribution < -0.4 is 5.43 Å². The van der Waals surface area contributed by atoms with Crippen LogP contribution in [0.1, 0.15) is 72.3 Å². The summed E-state index contributed by atoms with van der Waals surface area (Å²) in [5, 5.41) is 16.2. The van der Waals surface area contributed by atoms with E-state index in [1.807, 2.05) is 48.9 Å². The summed E-state index contributed by atoms with van der Waals surface area (Å²) < 4.78 is 1.89. The van der Waals surface area contributed by atoms with E-state index >= 15 is 0 Å². The van der Waals surface area contributed by atoms with Crippen molar-refractivity contribution in [2.75, 3.05) is 0 Å². The van der Waals surface area contributed by atoms with E-state index in [0.717, 1.165) is 59.6 Å². The molecule has 1 aromatic carbocycles. The van der Waals surface area contributed by atoms with Crippen molar-refractivity contribution in [3.05, 3.63) is 64.2 Å². The molecule has 8 heteroatoms. The van der Waals surface area contributed by atoms with Crippen molar-refractivity contribution in [3.63, 3.8) is 0 Å². The molecule has 0 saturated heterocycles. The summed E-state index contributed by atoms with van der Waals surface area (Å²) >= 11 is 0. The fourth-order valence-corrected chi connectivity index (χ4v) is 4.51. The number of hydrazone groups is 1. The number of carbonyl (C=O) groups excluding carboxylic acids is 1. The molecule has 1 atom stereocenters. The van der Waals surface area contributed by atoms with Gasteiger partial charge >= 0.3 is 0 Å². The van der Waals surface area contributed by atoms with Crippen molar-refractivity contribution in [3.8, 4) is 5.69 Å². The number of aromatic nitrogens is 4. The number of carbonyl (C=O) groups is 1. The lowest BCUT2D eigenvalue weighted by Gasteiger charge is -2.36. The van der Waals surface area contributed by atoms with Crippen LogP contribution in [0.25, 0.3) is 5.69 Å². The first-order chi connectivity index (χ1) is 15.3.